The molecule has 2 aromatic heterocycles. The quantitative estimate of drug-likeness (QED) is 0.487. The monoisotopic (exact) mass is 376 g/mol. The molecule has 0 spiro atoms. The molecular formula is C19H16N6OS. The minimum absolute atomic E-state index is 0.351. The fourth-order valence-corrected chi connectivity index (χ4v) is 3.17. The minimum Gasteiger partial charge on any atom is -0.308 e. The molecule has 0 bridgehead atoms. The maximum absolute atomic E-state index is 12.2. The van der Waals surface area contributed by atoms with Crippen LogP contribution in [0.4, 0.5) is 16.3 Å². The predicted molar refractivity (Wildman–Crippen MR) is 106 cm³/mol. The van der Waals surface area contributed by atoms with Crippen molar-refractivity contribution in [3.05, 3.63) is 77.4 Å². The maximum atomic E-state index is 12.2. The summed E-state index contributed by atoms with van der Waals surface area (Å²) in [4.78, 5) is 12.2. The van der Waals surface area contributed by atoms with Crippen LogP contribution in [0.25, 0.3) is 10.6 Å². The van der Waals surface area contributed by atoms with E-state index in [1.807, 2.05) is 60.7 Å². The van der Waals surface area contributed by atoms with Gasteiger partial charge in [-0.3, -0.25) is 10.4 Å². The summed E-state index contributed by atoms with van der Waals surface area (Å²) in [5, 5.41) is 21.3. The molecule has 0 atom stereocenters. The van der Waals surface area contributed by atoms with Gasteiger partial charge >= 0.3 is 6.03 Å². The summed E-state index contributed by atoms with van der Waals surface area (Å²) in [6.07, 6.45) is 0.726. The molecule has 0 saturated heterocycles. The molecule has 7 nitrogen and oxygen atoms in total. The van der Waals surface area contributed by atoms with Crippen LogP contribution in [0.1, 0.15) is 11.3 Å². The number of amides is 2. The number of carbonyl (C=O) groups excluding carboxylic acids is 1. The van der Waals surface area contributed by atoms with Crippen LogP contribution >= 0.6 is 11.3 Å². The zero-order valence-electron chi connectivity index (χ0n) is 14.2. The highest BCUT2D eigenvalue weighted by Gasteiger charge is 2.08. The first kappa shape index (κ1) is 16.9. The number of carbonyl (C=O) groups is 1. The third-order valence-electron chi connectivity index (χ3n) is 3.86. The lowest BCUT2D eigenvalue weighted by atomic mass is 10.1. The number of nitrogens with zero attached hydrogens (tertiary/aromatic N) is 3. The van der Waals surface area contributed by atoms with Crippen molar-refractivity contribution in [1.29, 1.82) is 0 Å². The van der Waals surface area contributed by atoms with Crippen molar-refractivity contribution in [2.24, 2.45) is 0 Å². The summed E-state index contributed by atoms with van der Waals surface area (Å²) in [5.41, 5.74) is 5.43. The van der Waals surface area contributed by atoms with E-state index in [2.05, 4.69) is 31.0 Å². The number of aromatic amines is 1. The van der Waals surface area contributed by atoms with E-state index in [4.69, 9.17) is 0 Å². The molecule has 0 fully saturated rings. The van der Waals surface area contributed by atoms with Gasteiger partial charge in [0, 0.05) is 29.4 Å². The van der Waals surface area contributed by atoms with E-state index in [1.165, 1.54) is 16.9 Å². The molecule has 134 valence electrons. The van der Waals surface area contributed by atoms with Crippen LogP contribution in [-0.4, -0.2) is 26.4 Å². The lowest BCUT2D eigenvalue weighted by Crippen LogP contribution is -2.19. The predicted octanol–water partition coefficient (Wildman–Crippen LogP) is 4.16. The maximum Gasteiger partial charge on any atom is 0.324 e. The molecule has 0 unspecified atom stereocenters. The van der Waals surface area contributed by atoms with Crippen molar-refractivity contribution in [2.75, 3.05) is 10.6 Å². The molecule has 27 heavy (non-hydrogen) atoms. The van der Waals surface area contributed by atoms with Crippen molar-refractivity contribution >= 4 is 28.9 Å². The van der Waals surface area contributed by atoms with Crippen molar-refractivity contribution < 1.29 is 4.79 Å². The molecule has 3 N–H and O–H groups in total. The van der Waals surface area contributed by atoms with Crippen LogP contribution in [0, 0.1) is 0 Å². The van der Waals surface area contributed by atoms with Crippen molar-refractivity contribution in [3.8, 4) is 10.6 Å². The van der Waals surface area contributed by atoms with E-state index in [0.717, 1.165) is 22.7 Å². The summed E-state index contributed by atoms with van der Waals surface area (Å²) in [6.45, 7) is 0. The molecule has 0 aliphatic carbocycles. The first-order valence-corrected chi connectivity index (χ1v) is 9.17. The van der Waals surface area contributed by atoms with Gasteiger partial charge in [-0.05, 0) is 29.8 Å². The van der Waals surface area contributed by atoms with Crippen LogP contribution in [0.5, 0.6) is 0 Å². The Bertz CT molecular complexity index is 1010. The number of H-pyrrole nitrogens is 1. The molecule has 0 radical (unpaired) electrons. The van der Waals surface area contributed by atoms with E-state index in [0.29, 0.717) is 11.5 Å². The van der Waals surface area contributed by atoms with Gasteiger partial charge < -0.3 is 5.32 Å². The van der Waals surface area contributed by atoms with Gasteiger partial charge in [0.25, 0.3) is 0 Å². The van der Waals surface area contributed by atoms with Gasteiger partial charge in [-0.1, -0.05) is 41.7 Å². The van der Waals surface area contributed by atoms with Crippen molar-refractivity contribution in [3.63, 3.8) is 0 Å². The molecule has 0 aliphatic heterocycles. The van der Waals surface area contributed by atoms with Crippen LogP contribution < -0.4 is 10.6 Å². The molecule has 0 aliphatic rings. The van der Waals surface area contributed by atoms with Crippen LogP contribution in [0.15, 0.2) is 66.2 Å². The zero-order chi connectivity index (χ0) is 18.5. The average Bonchev–Trinajstić information content (AvgIpc) is 3.36. The summed E-state index contributed by atoms with van der Waals surface area (Å²) in [5.74, 6) is 0.476. The second-order valence-electron chi connectivity index (χ2n) is 5.84. The number of hydrogen-bond donors (Lipinski definition) is 3. The molecule has 2 aromatic carbocycles. The lowest BCUT2D eigenvalue weighted by molar-refractivity contribution is 0.262. The zero-order valence-corrected chi connectivity index (χ0v) is 15.0. The topological polar surface area (TPSA) is 95.6 Å². The normalized spacial score (nSPS) is 10.5. The Labute approximate surface area is 159 Å². The highest BCUT2D eigenvalue weighted by molar-refractivity contribution is 7.12. The van der Waals surface area contributed by atoms with E-state index >= 15 is 0 Å². The number of urea groups is 1. The largest absolute Gasteiger partial charge is 0.324 e. The van der Waals surface area contributed by atoms with E-state index in [-0.39, 0.29) is 6.03 Å². The molecule has 2 amide bonds. The smallest absolute Gasteiger partial charge is 0.308 e. The highest BCUT2D eigenvalue weighted by Crippen LogP contribution is 2.22. The molecule has 8 heteroatoms. The van der Waals surface area contributed by atoms with Gasteiger partial charge in [0.15, 0.2) is 5.82 Å². The second kappa shape index (κ2) is 7.79. The molecule has 2 heterocycles. The van der Waals surface area contributed by atoms with Crippen LogP contribution in [0.2, 0.25) is 0 Å². The number of benzene rings is 2. The van der Waals surface area contributed by atoms with Crippen LogP contribution in [0.3, 0.4) is 0 Å². The van der Waals surface area contributed by atoms with E-state index in [1.54, 1.807) is 5.51 Å². The van der Waals surface area contributed by atoms with Gasteiger partial charge in [-0.15, -0.1) is 10.2 Å². The van der Waals surface area contributed by atoms with E-state index < -0.39 is 0 Å². The Balaban J connectivity index is 1.34. The SMILES string of the molecule is O=C(Nc1ccc(-c2nncs2)cc1)Nc1cc(Cc2ccccc2)[nH]n1. The summed E-state index contributed by atoms with van der Waals surface area (Å²) in [6, 6.07) is 19.0. The second-order valence-corrected chi connectivity index (χ2v) is 6.67. The number of nitrogens with one attached hydrogen (secondary N) is 3. The molecule has 4 rings (SSSR count). The van der Waals surface area contributed by atoms with Gasteiger partial charge in [0.2, 0.25) is 0 Å². The van der Waals surface area contributed by atoms with Gasteiger partial charge in [0.1, 0.15) is 10.5 Å². The Morgan fingerprint density at radius 3 is 2.59 bits per heavy atom. The Morgan fingerprint density at radius 1 is 1.04 bits per heavy atom. The Hall–Kier alpha value is -3.52. The van der Waals surface area contributed by atoms with Crippen LogP contribution in [-0.2, 0) is 6.42 Å². The number of hydrogen-bond acceptors (Lipinski definition) is 5. The summed E-state index contributed by atoms with van der Waals surface area (Å²) >= 11 is 1.47. The first-order valence-electron chi connectivity index (χ1n) is 8.29. The minimum atomic E-state index is -0.351. The van der Waals surface area contributed by atoms with E-state index in [9.17, 15) is 4.79 Å². The Morgan fingerprint density at radius 2 is 1.85 bits per heavy atom. The fraction of sp³-hybridized carbons (Fsp3) is 0.0526. The summed E-state index contributed by atoms with van der Waals surface area (Å²) < 4.78 is 0. The number of anilines is 2. The highest BCUT2D eigenvalue weighted by atomic mass is 32.1. The number of rotatable bonds is 5. The standard InChI is InChI=1S/C19H16N6OS/c26-19(21-15-8-6-14(7-9-15)18-25-20-12-27-18)22-17-11-16(23-24-17)10-13-4-2-1-3-5-13/h1-9,11-12H,10H2,(H3,21,22,23,24,26). The number of aromatic nitrogens is 4. The van der Waals surface area contributed by atoms with Gasteiger partial charge in [0.05, 0.1) is 0 Å². The van der Waals surface area contributed by atoms with Crippen molar-refractivity contribution in [1.82, 2.24) is 20.4 Å². The van der Waals surface area contributed by atoms with Gasteiger partial charge in [-0.25, -0.2) is 4.79 Å². The Kier molecular flexibility index (Phi) is 4.88. The fourth-order valence-electron chi connectivity index (χ4n) is 2.61. The van der Waals surface area contributed by atoms with Gasteiger partial charge in [-0.2, -0.15) is 5.10 Å². The third kappa shape index (κ3) is 4.36. The first-order chi connectivity index (χ1) is 13.3. The molecule has 0 saturated carbocycles. The average molecular weight is 376 g/mol. The summed E-state index contributed by atoms with van der Waals surface area (Å²) in [7, 11) is 0. The third-order valence-corrected chi connectivity index (χ3v) is 4.60. The molecule has 4 aromatic rings. The lowest BCUT2D eigenvalue weighted by Gasteiger charge is -2.06. The van der Waals surface area contributed by atoms with Crippen molar-refractivity contribution in [2.45, 2.75) is 6.42 Å². The molecular weight excluding hydrogens is 360 g/mol.